The first-order valence-corrected chi connectivity index (χ1v) is 6.00. The molecule has 2 aromatic rings. The number of aromatic nitrogens is 3. The zero-order chi connectivity index (χ0) is 12.9. The van der Waals surface area contributed by atoms with Crippen LogP contribution in [0.15, 0.2) is 18.6 Å². The zero-order valence-corrected chi connectivity index (χ0v) is 10.3. The molecule has 0 bridgehead atoms. The molecule has 0 radical (unpaired) electrons. The molecule has 6 heteroatoms. The lowest BCUT2D eigenvalue weighted by atomic mass is 10.0. The number of nitrogens with two attached hydrogens (primary N) is 1. The van der Waals surface area contributed by atoms with E-state index in [9.17, 15) is 5.11 Å². The van der Waals surface area contributed by atoms with Gasteiger partial charge in [0.2, 0.25) is 0 Å². The fourth-order valence-corrected chi connectivity index (χ4v) is 2.54. The average molecular weight is 248 g/mol. The number of hydrogen-bond donors (Lipinski definition) is 2. The average Bonchev–Trinajstić information content (AvgIpc) is 2.88. The highest BCUT2D eigenvalue weighted by Crippen LogP contribution is 2.36. The van der Waals surface area contributed by atoms with E-state index in [4.69, 9.17) is 10.5 Å². The normalized spacial score (nSPS) is 32.2. The predicted octanol–water partition coefficient (Wildman–Crippen LogP) is 0.928. The molecule has 1 aliphatic rings. The van der Waals surface area contributed by atoms with Crippen molar-refractivity contribution in [1.29, 1.82) is 0 Å². The summed E-state index contributed by atoms with van der Waals surface area (Å²) >= 11 is 0. The molecule has 18 heavy (non-hydrogen) atoms. The molecule has 1 fully saturated rings. The Kier molecular flexibility index (Phi) is 2.49. The third kappa shape index (κ3) is 1.49. The standard InChI is InChI=1S/C12H16N4O2/c1-6-9(17)7(2)18-12(6)16-4-3-8-10(13)14-5-15-11(8)16/h3-7,9,12,17H,1-2H3,(H2,13,14,15)/t6?,7?,9-,12?/m0/s1. The lowest BCUT2D eigenvalue weighted by Gasteiger charge is -2.18. The number of nitrogen functional groups attached to an aromatic ring is 1. The molecule has 0 saturated carbocycles. The lowest BCUT2D eigenvalue weighted by Crippen LogP contribution is -2.22. The summed E-state index contributed by atoms with van der Waals surface area (Å²) in [4.78, 5) is 8.20. The summed E-state index contributed by atoms with van der Waals surface area (Å²) in [5, 5.41) is 10.8. The molecule has 0 aromatic carbocycles. The third-order valence-electron chi connectivity index (χ3n) is 3.64. The minimum absolute atomic E-state index is 0.00629. The quantitative estimate of drug-likeness (QED) is 0.784. The molecule has 96 valence electrons. The summed E-state index contributed by atoms with van der Waals surface area (Å²) in [5.74, 6) is 0.463. The van der Waals surface area contributed by atoms with Crippen LogP contribution in [-0.4, -0.2) is 31.8 Å². The van der Waals surface area contributed by atoms with Crippen molar-refractivity contribution in [1.82, 2.24) is 14.5 Å². The van der Waals surface area contributed by atoms with Gasteiger partial charge in [-0.25, -0.2) is 9.97 Å². The Morgan fingerprint density at radius 3 is 2.83 bits per heavy atom. The number of aliphatic hydroxyl groups is 1. The van der Waals surface area contributed by atoms with E-state index in [1.807, 2.05) is 30.7 Å². The fourth-order valence-electron chi connectivity index (χ4n) is 2.54. The van der Waals surface area contributed by atoms with Crippen LogP contribution in [0.25, 0.3) is 11.0 Å². The van der Waals surface area contributed by atoms with Crippen LogP contribution in [0.3, 0.4) is 0 Å². The van der Waals surface area contributed by atoms with Crippen LogP contribution in [-0.2, 0) is 4.74 Å². The van der Waals surface area contributed by atoms with Crippen molar-refractivity contribution in [3.8, 4) is 0 Å². The van der Waals surface area contributed by atoms with E-state index < -0.39 is 6.10 Å². The summed E-state index contributed by atoms with van der Waals surface area (Å²) in [6, 6.07) is 1.87. The molecule has 2 aromatic heterocycles. The first-order valence-electron chi connectivity index (χ1n) is 6.00. The van der Waals surface area contributed by atoms with Gasteiger partial charge in [-0.05, 0) is 13.0 Å². The van der Waals surface area contributed by atoms with Crippen molar-refractivity contribution in [2.24, 2.45) is 5.92 Å². The van der Waals surface area contributed by atoms with Gasteiger partial charge in [0.15, 0.2) is 0 Å². The number of fused-ring (bicyclic) bond motifs is 1. The van der Waals surface area contributed by atoms with Crippen LogP contribution in [0.4, 0.5) is 5.82 Å². The van der Waals surface area contributed by atoms with E-state index in [2.05, 4.69) is 9.97 Å². The minimum atomic E-state index is -0.466. The van der Waals surface area contributed by atoms with Crippen molar-refractivity contribution in [2.75, 3.05) is 5.73 Å². The third-order valence-corrected chi connectivity index (χ3v) is 3.64. The Labute approximate surface area is 104 Å². The summed E-state index contributed by atoms with van der Waals surface area (Å²) in [7, 11) is 0. The highest BCUT2D eigenvalue weighted by atomic mass is 16.5. The largest absolute Gasteiger partial charge is 0.390 e. The predicted molar refractivity (Wildman–Crippen MR) is 66.7 cm³/mol. The molecular weight excluding hydrogens is 232 g/mol. The SMILES string of the molecule is CC1OC(n2ccc3c(N)ncnc32)C(C)[C@@H]1O. The topological polar surface area (TPSA) is 86.2 Å². The van der Waals surface area contributed by atoms with Gasteiger partial charge in [-0.3, -0.25) is 0 Å². The molecule has 3 rings (SSSR count). The number of hydrogen-bond acceptors (Lipinski definition) is 5. The van der Waals surface area contributed by atoms with Crippen LogP contribution < -0.4 is 5.73 Å². The van der Waals surface area contributed by atoms with E-state index in [0.717, 1.165) is 11.0 Å². The molecule has 0 aliphatic carbocycles. The molecule has 1 aliphatic heterocycles. The Balaban J connectivity index is 2.08. The monoisotopic (exact) mass is 248 g/mol. The van der Waals surface area contributed by atoms with Gasteiger partial charge in [-0.1, -0.05) is 6.92 Å². The molecule has 0 spiro atoms. The van der Waals surface area contributed by atoms with E-state index in [0.29, 0.717) is 5.82 Å². The second-order valence-corrected chi connectivity index (χ2v) is 4.80. The van der Waals surface area contributed by atoms with Crippen LogP contribution in [0.1, 0.15) is 20.1 Å². The van der Waals surface area contributed by atoms with Gasteiger partial charge >= 0.3 is 0 Å². The van der Waals surface area contributed by atoms with Crippen LogP contribution in [0.2, 0.25) is 0 Å². The van der Waals surface area contributed by atoms with Gasteiger partial charge in [-0.2, -0.15) is 0 Å². The number of rotatable bonds is 1. The first-order chi connectivity index (χ1) is 8.59. The van der Waals surface area contributed by atoms with E-state index in [1.54, 1.807) is 0 Å². The molecule has 1 saturated heterocycles. The maximum Gasteiger partial charge on any atom is 0.147 e. The number of aliphatic hydroxyl groups excluding tert-OH is 1. The maximum atomic E-state index is 9.97. The zero-order valence-electron chi connectivity index (χ0n) is 10.3. The van der Waals surface area contributed by atoms with Gasteiger partial charge in [0.1, 0.15) is 24.0 Å². The van der Waals surface area contributed by atoms with Gasteiger partial charge in [0.05, 0.1) is 17.6 Å². The molecule has 4 atom stereocenters. The Hall–Kier alpha value is -1.66. The van der Waals surface area contributed by atoms with Crippen LogP contribution in [0.5, 0.6) is 0 Å². The van der Waals surface area contributed by atoms with E-state index in [1.165, 1.54) is 6.33 Å². The van der Waals surface area contributed by atoms with Crippen molar-refractivity contribution in [3.63, 3.8) is 0 Å². The smallest absolute Gasteiger partial charge is 0.147 e. The second-order valence-electron chi connectivity index (χ2n) is 4.80. The molecule has 0 amide bonds. The number of ether oxygens (including phenoxy) is 1. The Morgan fingerprint density at radius 2 is 2.17 bits per heavy atom. The number of anilines is 1. The number of nitrogens with zero attached hydrogens (tertiary/aromatic N) is 3. The summed E-state index contributed by atoms with van der Waals surface area (Å²) in [5.41, 5.74) is 6.54. The first kappa shape index (κ1) is 11.4. The molecular formula is C12H16N4O2. The van der Waals surface area contributed by atoms with Gasteiger partial charge in [0, 0.05) is 12.1 Å². The van der Waals surface area contributed by atoms with E-state index >= 15 is 0 Å². The van der Waals surface area contributed by atoms with Gasteiger partial charge in [-0.15, -0.1) is 0 Å². The summed E-state index contributed by atoms with van der Waals surface area (Å²) < 4.78 is 7.70. The maximum absolute atomic E-state index is 9.97. The molecule has 3 N–H and O–H groups in total. The highest BCUT2D eigenvalue weighted by Gasteiger charge is 2.39. The second kappa shape index (κ2) is 3.93. The van der Waals surface area contributed by atoms with Crippen LogP contribution in [0, 0.1) is 5.92 Å². The highest BCUT2D eigenvalue weighted by molar-refractivity contribution is 5.86. The Morgan fingerprint density at radius 1 is 1.39 bits per heavy atom. The lowest BCUT2D eigenvalue weighted by molar-refractivity contribution is -0.00965. The van der Waals surface area contributed by atoms with Crippen molar-refractivity contribution >= 4 is 16.9 Å². The van der Waals surface area contributed by atoms with Crippen molar-refractivity contribution in [3.05, 3.63) is 18.6 Å². The molecule has 3 heterocycles. The molecule has 3 unspecified atom stereocenters. The van der Waals surface area contributed by atoms with Crippen molar-refractivity contribution in [2.45, 2.75) is 32.3 Å². The Bertz CT molecular complexity index is 582. The van der Waals surface area contributed by atoms with E-state index in [-0.39, 0.29) is 18.2 Å². The van der Waals surface area contributed by atoms with Gasteiger partial charge < -0.3 is 20.1 Å². The van der Waals surface area contributed by atoms with Gasteiger partial charge in [0.25, 0.3) is 0 Å². The summed E-state index contributed by atoms with van der Waals surface area (Å²) in [6.07, 6.45) is 2.45. The van der Waals surface area contributed by atoms with Crippen LogP contribution >= 0.6 is 0 Å². The summed E-state index contributed by atoms with van der Waals surface area (Å²) in [6.45, 7) is 3.84. The molecule has 6 nitrogen and oxygen atoms in total. The van der Waals surface area contributed by atoms with Crippen molar-refractivity contribution < 1.29 is 9.84 Å². The minimum Gasteiger partial charge on any atom is -0.390 e. The fraction of sp³-hybridized carbons (Fsp3) is 0.500.